The SMILES string of the molecule is CC(=O)CC(=O)c1ccccc1.CC(=O)CC(=O)c1ccccc1.CC(=O)CC(=O)c1ccccc1.[Ru]. The number of Topliss-reactive ketones (excluding diaryl/α,β-unsaturated/α-hetero) is 6. The summed E-state index contributed by atoms with van der Waals surface area (Å²) in [4.78, 5) is 65.5. The predicted molar refractivity (Wildman–Crippen MR) is 138 cm³/mol. The average molecular weight is 588 g/mol. The maximum Gasteiger partial charge on any atom is 0.170 e. The molecule has 194 valence electrons. The van der Waals surface area contributed by atoms with Gasteiger partial charge in [-0.2, -0.15) is 0 Å². The first kappa shape index (κ1) is 33.3. The quantitative estimate of drug-likeness (QED) is 0.185. The van der Waals surface area contributed by atoms with E-state index in [1.807, 2.05) is 18.2 Å². The van der Waals surface area contributed by atoms with Crippen molar-refractivity contribution in [2.45, 2.75) is 40.0 Å². The van der Waals surface area contributed by atoms with Crippen LogP contribution in [0.1, 0.15) is 71.1 Å². The fourth-order valence-electron chi connectivity index (χ4n) is 2.86. The second kappa shape index (κ2) is 18.6. The fraction of sp³-hybridized carbons (Fsp3) is 0.200. The van der Waals surface area contributed by atoms with E-state index in [0.717, 1.165) is 0 Å². The van der Waals surface area contributed by atoms with Gasteiger partial charge in [0.15, 0.2) is 17.3 Å². The van der Waals surface area contributed by atoms with Crippen molar-refractivity contribution >= 4 is 34.7 Å². The van der Waals surface area contributed by atoms with Gasteiger partial charge in [0.05, 0.1) is 19.3 Å². The van der Waals surface area contributed by atoms with E-state index in [4.69, 9.17) is 0 Å². The van der Waals surface area contributed by atoms with E-state index in [2.05, 4.69) is 0 Å². The molecule has 0 aliphatic rings. The Balaban J connectivity index is 0.000000518. The molecule has 37 heavy (non-hydrogen) atoms. The molecule has 3 rings (SSSR count). The van der Waals surface area contributed by atoms with Crippen LogP contribution in [0.4, 0.5) is 0 Å². The summed E-state index contributed by atoms with van der Waals surface area (Å²) in [6, 6.07) is 26.5. The molecule has 0 unspecified atom stereocenters. The molecule has 0 N–H and O–H groups in total. The summed E-state index contributed by atoms with van der Waals surface area (Å²) < 4.78 is 0. The summed E-state index contributed by atoms with van der Waals surface area (Å²) in [5.41, 5.74) is 1.81. The van der Waals surface area contributed by atoms with Gasteiger partial charge in [0.1, 0.15) is 17.3 Å². The molecular weight excluding hydrogens is 557 g/mol. The van der Waals surface area contributed by atoms with Crippen LogP contribution in [0.25, 0.3) is 0 Å². The van der Waals surface area contributed by atoms with Crippen molar-refractivity contribution in [3.63, 3.8) is 0 Å². The summed E-state index contributed by atoms with van der Waals surface area (Å²) in [7, 11) is 0. The minimum atomic E-state index is -0.108. The number of carbonyl (C=O) groups is 6. The van der Waals surface area contributed by atoms with Gasteiger partial charge in [-0.3, -0.25) is 28.8 Å². The summed E-state index contributed by atoms with van der Waals surface area (Å²) in [5, 5.41) is 0. The Morgan fingerprint density at radius 1 is 0.405 bits per heavy atom. The molecule has 0 saturated heterocycles. The van der Waals surface area contributed by atoms with Crippen LogP contribution in [0.15, 0.2) is 91.0 Å². The zero-order valence-electron chi connectivity index (χ0n) is 21.1. The Bertz CT molecular complexity index is 1020. The van der Waals surface area contributed by atoms with Crippen LogP contribution >= 0.6 is 0 Å². The van der Waals surface area contributed by atoms with Crippen molar-refractivity contribution in [1.29, 1.82) is 0 Å². The van der Waals surface area contributed by atoms with E-state index in [1.54, 1.807) is 72.8 Å². The molecule has 0 fully saturated rings. The molecular formula is C30H30O6Ru. The van der Waals surface area contributed by atoms with Gasteiger partial charge in [-0.1, -0.05) is 91.0 Å². The van der Waals surface area contributed by atoms with E-state index in [1.165, 1.54) is 20.8 Å². The number of hydrogen-bond donors (Lipinski definition) is 0. The Kier molecular flexibility index (Phi) is 16.7. The van der Waals surface area contributed by atoms with Gasteiger partial charge in [-0.15, -0.1) is 0 Å². The first-order chi connectivity index (χ1) is 17.1. The van der Waals surface area contributed by atoms with Gasteiger partial charge in [0, 0.05) is 36.2 Å². The first-order valence-corrected chi connectivity index (χ1v) is 11.3. The molecule has 0 saturated carbocycles. The van der Waals surface area contributed by atoms with Crippen LogP contribution in [0.5, 0.6) is 0 Å². The standard InChI is InChI=1S/3C10H10O2.Ru/c3*1-8(11)7-10(12)9-5-3-2-4-6-9;/h3*2-6H,7H2,1H3;. The first-order valence-electron chi connectivity index (χ1n) is 11.3. The smallest absolute Gasteiger partial charge is 0.170 e. The van der Waals surface area contributed by atoms with E-state index < -0.39 is 0 Å². The van der Waals surface area contributed by atoms with Crippen LogP contribution in [-0.4, -0.2) is 34.7 Å². The molecule has 3 aromatic rings. The van der Waals surface area contributed by atoms with Gasteiger partial charge < -0.3 is 0 Å². The minimum absolute atomic E-state index is 0. The van der Waals surface area contributed by atoms with Crippen LogP contribution in [-0.2, 0) is 33.9 Å². The second-order valence-corrected chi connectivity index (χ2v) is 8.00. The fourth-order valence-corrected chi connectivity index (χ4v) is 2.86. The molecule has 0 bridgehead atoms. The maximum atomic E-state index is 11.2. The minimum Gasteiger partial charge on any atom is -0.300 e. The number of benzene rings is 3. The van der Waals surface area contributed by atoms with Crippen LogP contribution in [0.3, 0.4) is 0 Å². The van der Waals surface area contributed by atoms with Crippen molar-refractivity contribution < 1.29 is 48.2 Å². The summed E-state index contributed by atoms with van der Waals surface area (Å²) in [6.07, 6.45) is 0.0119. The van der Waals surface area contributed by atoms with E-state index in [0.29, 0.717) is 16.7 Å². The Morgan fingerprint density at radius 2 is 0.595 bits per heavy atom. The van der Waals surface area contributed by atoms with Crippen molar-refractivity contribution in [1.82, 2.24) is 0 Å². The van der Waals surface area contributed by atoms with Gasteiger partial charge >= 0.3 is 0 Å². The van der Waals surface area contributed by atoms with Crippen molar-refractivity contribution in [3.05, 3.63) is 108 Å². The third kappa shape index (κ3) is 15.1. The Labute approximate surface area is 230 Å². The van der Waals surface area contributed by atoms with E-state index in [9.17, 15) is 28.8 Å². The van der Waals surface area contributed by atoms with Gasteiger partial charge in [-0.25, -0.2) is 0 Å². The van der Waals surface area contributed by atoms with E-state index >= 15 is 0 Å². The number of carbonyl (C=O) groups excluding carboxylic acids is 6. The molecule has 6 nitrogen and oxygen atoms in total. The molecule has 7 heteroatoms. The Morgan fingerprint density at radius 3 is 0.757 bits per heavy atom. The molecule has 0 aliphatic carbocycles. The number of rotatable bonds is 9. The monoisotopic (exact) mass is 588 g/mol. The summed E-state index contributed by atoms with van der Waals surface area (Å²) in [6.45, 7) is 4.25. The normalized spacial score (nSPS) is 9.16. The van der Waals surface area contributed by atoms with Gasteiger partial charge in [-0.05, 0) is 20.8 Å². The molecule has 0 atom stereocenters. The van der Waals surface area contributed by atoms with Crippen molar-refractivity contribution in [3.8, 4) is 0 Å². The van der Waals surface area contributed by atoms with Crippen LogP contribution in [0.2, 0.25) is 0 Å². The van der Waals surface area contributed by atoms with Gasteiger partial charge in [0.2, 0.25) is 0 Å². The molecule has 0 aliphatic heterocycles. The summed E-state index contributed by atoms with van der Waals surface area (Å²) in [5.74, 6) is -0.606. The molecule has 0 spiro atoms. The Hall–Kier alpha value is -3.70. The van der Waals surface area contributed by atoms with Crippen LogP contribution in [0, 0.1) is 0 Å². The molecule has 3 aromatic carbocycles. The van der Waals surface area contributed by atoms with E-state index in [-0.39, 0.29) is 73.4 Å². The number of hydrogen-bond acceptors (Lipinski definition) is 6. The van der Waals surface area contributed by atoms with Crippen molar-refractivity contribution in [2.24, 2.45) is 0 Å². The number of ketones is 6. The zero-order valence-corrected chi connectivity index (χ0v) is 22.8. The second-order valence-electron chi connectivity index (χ2n) is 8.00. The molecule has 0 amide bonds. The third-order valence-corrected chi connectivity index (χ3v) is 4.52. The predicted octanol–water partition coefficient (Wildman–Crippen LogP) is 5.54. The molecule has 0 heterocycles. The maximum absolute atomic E-state index is 11.2. The average Bonchev–Trinajstić information content (AvgIpc) is 2.85. The third-order valence-electron chi connectivity index (χ3n) is 4.52. The zero-order chi connectivity index (χ0) is 26.9. The topological polar surface area (TPSA) is 102 Å². The van der Waals surface area contributed by atoms with Crippen LogP contribution < -0.4 is 0 Å². The summed E-state index contributed by atoms with van der Waals surface area (Å²) >= 11 is 0. The largest absolute Gasteiger partial charge is 0.300 e. The van der Waals surface area contributed by atoms with Crippen molar-refractivity contribution in [2.75, 3.05) is 0 Å². The molecule has 0 aromatic heterocycles. The molecule has 0 radical (unpaired) electrons. The van der Waals surface area contributed by atoms with Gasteiger partial charge in [0.25, 0.3) is 0 Å².